The molecular formula is C13H17N3S. The van der Waals surface area contributed by atoms with Crippen LogP contribution in [-0.4, -0.2) is 11.5 Å². The molecule has 2 rings (SSSR count). The third kappa shape index (κ3) is 3.46. The van der Waals surface area contributed by atoms with Crippen molar-refractivity contribution in [2.75, 3.05) is 17.6 Å². The maximum absolute atomic E-state index is 5.64. The highest BCUT2D eigenvalue weighted by Gasteiger charge is 1.99. The topological polar surface area (TPSA) is 50.9 Å². The monoisotopic (exact) mass is 247 g/mol. The second kappa shape index (κ2) is 5.68. The number of aromatic nitrogens is 1. The molecule has 17 heavy (non-hydrogen) atoms. The number of benzene rings is 1. The van der Waals surface area contributed by atoms with Crippen LogP contribution in [0.25, 0.3) is 0 Å². The van der Waals surface area contributed by atoms with Crippen molar-refractivity contribution in [1.82, 2.24) is 4.98 Å². The highest BCUT2D eigenvalue weighted by atomic mass is 32.1. The van der Waals surface area contributed by atoms with Crippen molar-refractivity contribution in [1.29, 1.82) is 0 Å². The summed E-state index contributed by atoms with van der Waals surface area (Å²) in [7, 11) is 0. The van der Waals surface area contributed by atoms with Crippen LogP contribution in [0, 0.1) is 0 Å². The van der Waals surface area contributed by atoms with E-state index in [-0.39, 0.29) is 0 Å². The Morgan fingerprint density at radius 2 is 2.06 bits per heavy atom. The van der Waals surface area contributed by atoms with Gasteiger partial charge in [0.15, 0.2) is 5.13 Å². The smallest absolute Gasteiger partial charge is 0.182 e. The number of nitrogens with one attached hydrogen (secondary N) is 1. The first-order chi connectivity index (χ1) is 8.28. The quantitative estimate of drug-likeness (QED) is 0.799. The Labute approximate surface area is 106 Å². The van der Waals surface area contributed by atoms with Crippen LogP contribution < -0.4 is 11.1 Å². The van der Waals surface area contributed by atoms with E-state index in [1.54, 1.807) is 11.3 Å². The molecule has 0 fully saturated rings. The summed E-state index contributed by atoms with van der Waals surface area (Å²) in [6, 6.07) is 8.01. The number of hydrogen-bond donors (Lipinski definition) is 2. The SMILES string of the molecule is CCc1csc(NCCc2ccc(N)cc2)n1. The predicted molar refractivity (Wildman–Crippen MR) is 74.5 cm³/mol. The van der Waals surface area contributed by atoms with Crippen molar-refractivity contribution in [2.45, 2.75) is 19.8 Å². The van der Waals surface area contributed by atoms with Gasteiger partial charge in [-0.05, 0) is 30.5 Å². The number of anilines is 2. The van der Waals surface area contributed by atoms with Gasteiger partial charge < -0.3 is 11.1 Å². The van der Waals surface area contributed by atoms with Crippen LogP contribution in [0.4, 0.5) is 10.8 Å². The second-order valence-corrected chi connectivity index (χ2v) is 4.77. The van der Waals surface area contributed by atoms with Gasteiger partial charge in [0.05, 0.1) is 5.69 Å². The summed E-state index contributed by atoms with van der Waals surface area (Å²) < 4.78 is 0. The fourth-order valence-corrected chi connectivity index (χ4v) is 2.37. The van der Waals surface area contributed by atoms with Crippen LogP contribution in [0.1, 0.15) is 18.2 Å². The van der Waals surface area contributed by atoms with Gasteiger partial charge in [-0.15, -0.1) is 11.3 Å². The first-order valence-corrected chi connectivity index (χ1v) is 6.68. The maximum atomic E-state index is 5.64. The molecule has 0 aliphatic heterocycles. The summed E-state index contributed by atoms with van der Waals surface area (Å²) in [5, 5.41) is 6.45. The van der Waals surface area contributed by atoms with E-state index in [0.29, 0.717) is 0 Å². The molecule has 0 aliphatic carbocycles. The number of aryl methyl sites for hydroxylation is 1. The highest BCUT2D eigenvalue weighted by Crippen LogP contribution is 2.15. The Bertz CT molecular complexity index is 462. The molecule has 0 spiro atoms. The van der Waals surface area contributed by atoms with Gasteiger partial charge in [-0.3, -0.25) is 0 Å². The summed E-state index contributed by atoms with van der Waals surface area (Å²) in [6.45, 7) is 3.02. The predicted octanol–water partition coefficient (Wildman–Crippen LogP) is 2.94. The van der Waals surface area contributed by atoms with E-state index in [4.69, 9.17) is 5.73 Å². The zero-order valence-corrected chi connectivity index (χ0v) is 10.8. The summed E-state index contributed by atoms with van der Waals surface area (Å²) in [5.41, 5.74) is 8.90. The minimum atomic E-state index is 0.814. The largest absolute Gasteiger partial charge is 0.399 e. The molecule has 90 valence electrons. The van der Waals surface area contributed by atoms with E-state index >= 15 is 0 Å². The van der Waals surface area contributed by atoms with Crippen molar-refractivity contribution in [2.24, 2.45) is 0 Å². The average molecular weight is 247 g/mol. The third-order valence-corrected chi connectivity index (χ3v) is 3.43. The lowest BCUT2D eigenvalue weighted by atomic mass is 10.1. The third-order valence-electron chi connectivity index (χ3n) is 2.58. The van der Waals surface area contributed by atoms with Crippen LogP contribution in [-0.2, 0) is 12.8 Å². The molecule has 0 aliphatic rings. The molecular weight excluding hydrogens is 230 g/mol. The van der Waals surface area contributed by atoms with Gasteiger partial charge >= 0.3 is 0 Å². The summed E-state index contributed by atoms with van der Waals surface area (Å²) in [4.78, 5) is 4.46. The normalized spacial score (nSPS) is 10.4. The molecule has 1 aromatic carbocycles. The molecule has 0 saturated carbocycles. The van der Waals surface area contributed by atoms with Crippen LogP contribution >= 0.6 is 11.3 Å². The number of hydrogen-bond acceptors (Lipinski definition) is 4. The molecule has 2 aromatic rings. The summed E-state index contributed by atoms with van der Waals surface area (Å²) in [5.74, 6) is 0. The van der Waals surface area contributed by atoms with Gasteiger partial charge in [0.25, 0.3) is 0 Å². The van der Waals surface area contributed by atoms with E-state index in [1.165, 1.54) is 5.56 Å². The Kier molecular flexibility index (Phi) is 3.98. The van der Waals surface area contributed by atoms with E-state index < -0.39 is 0 Å². The number of thiazole rings is 1. The zero-order valence-electron chi connectivity index (χ0n) is 9.94. The van der Waals surface area contributed by atoms with Gasteiger partial charge in [-0.2, -0.15) is 0 Å². The minimum Gasteiger partial charge on any atom is -0.399 e. The fourth-order valence-electron chi connectivity index (χ4n) is 1.55. The van der Waals surface area contributed by atoms with Gasteiger partial charge in [0.2, 0.25) is 0 Å². The van der Waals surface area contributed by atoms with Crippen molar-refractivity contribution in [3.8, 4) is 0 Å². The molecule has 1 heterocycles. The molecule has 0 saturated heterocycles. The van der Waals surface area contributed by atoms with Gasteiger partial charge in [-0.1, -0.05) is 19.1 Å². The van der Waals surface area contributed by atoms with Crippen molar-refractivity contribution < 1.29 is 0 Å². The average Bonchev–Trinajstić information content (AvgIpc) is 2.80. The maximum Gasteiger partial charge on any atom is 0.182 e. The Balaban J connectivity index is 1.81. The van der Waals surface area contributed by atoms with Crippen LogP contribution in [0.15, 0.2) is 29.6 Å². The first kappa shape index (κ1) is 11.9. The number of nitrogens with zero attached hydrogens (tertiary/aromatic N) is 1. The Morgan fingerprint density at radius 3 is 2.71 bits per heavy atom. The van der Waals surface area contributed by atoms with E-state index in [9.17, 15) is 0 Å². The molecule has 0 bridgehead atoms. The summed E-state index contributed by atoms with van der Waals surface area (Å²) in [6.07, 6.45) is 1.98. The van der Waals surface area contributed by atoms with Crippen molar-refractivity contribution in [3.05, 3.63) is 40.9 Å². The molecule has 3 nitrogen and oxygen atoms in total. The van der Waals surface area contributed by atoms with Gasteiger partial charge in [0.1, 0.15) is 0 Å². The molecule has 0 atom stereocenters. The van der Waals surface area contributed by atoms with Gasteiger partial charge in [0, 0.05) is 17.6 Å². The Morgan fingerprint density at radius 1 is 1.29 bits per heavy atom. The molecule has 0 unspecified atom stereocenters. The molecule has 0 radical (unpaired) electrons. The highest BCUT2D eigenvalue weighted by molar-refractivity contribution is 7.13. The standard InChI is InChI=1S/C13H17N3S/c1-2-12-9-17-13(16-12)15-8-7-10-3-5-11(14)6-4-10/h3-6,9H,2,7-8,14H2,1H3,(H,15,16). The molecule has 1 aromatic heterocycles. The van der Waals surface area contributed by atoms with E-state index in [0.717, 1.165) is 35.9 Å². The minimum absolute atomic E-state index is 0.814. The van der Waals surface area contributed by atoms with Crippen LogP contribution in [0.3, 0.4) is 0 Å². The number of nitrogen functional groups attached to an aromatic ring is 1. The van der Waals surface area contributed by atoms with Crippen molar-refractivity contribution >= 4 is 22.2 Å². The first-order valence-electron chi connectivity index (χ1n) is 5.80. The zero-order chi connectivity index (χ0) is 12.1. The number of rotatable bonds is 5. The lowest BCUT2D eigenvalue weighted by Crippen LogP contribution is -2.04. The molecule has 3 N–H and O–H groups in total. The fraction of sp³-hybridized carbons (Fsp3) is 0.308. The molecule has 4 heteroatoms. The van der Waals surface area contributed by atoms with E-state index in [2.05, 4.69) is 34.7 Å². The number of nitrogens with two attached hydrogens (primary N) is 1. The van der Waals surface area contributed by atoms with Gasteiger partial charge in [-0.25, -0.2) is 4.98 Å². The van der Waals surface area contributed by atoms with Crippen LogP contribution in [0.2, 0.25) is 0 Å². The van der Waals surface area contributed by atoms with Crippen LogP contribution in [0.5, 0.6) is 0 Å². The second-order valence-electron chi connectivity index (χ2n) is 3.92. The summed E-state index contributed by atoms with van der Waals surface area (Å²) >= 11 is 1.67. The Hall–Kier alpha value is -1.55. The van der Waals surface area contributed by atoms with E-state index in [1.807, 2.05) is 12.1 Å². The lowest BCUT2D eigenvalue weighted by molar-refractivity contribution is 1.00. The molecule has 0 amide bonds. The van der Waals surface area contributed by atoms with Crippen molar-refractivity contribution in [3.63, 3.8) is 0 Å². The lowest BCUT2D eigenvalue weighted by Gasteiger charge is -2.03.